The van der Waals surface area contributed by atoms with Gasteiger partial charge in [0.05, 0.1) is 11.9 Å². The van der Waals surface area contributed by atoms with Crippen LogP contribution in [0, 0.1) is 35.5 Å². The molecule has 0 N–H and O–H groups in total. The van der Waals surface area contributed by atoms with E-state index < -0.39 is 11.9 Å². The second kappa shape index (κ2) is 9.97. The van der Waals surface area contributed by atoms with Crippen LogP contribution in [0.3, 0.4) is 0 Å². The number of carbonyl (C=O) groups excluding carboxylic acids is 2. The lowest BCUT2D eigenvalue weighted by Gasteiger charge is -2.42. The quantitative estimate of drug-likeness (QED) is 0.638. The van der Waals surface area contributed by atoms with E-state index >= 15 is 0 Å². The lowest BCUT2D eigenvalue weighted by atomic mass is 9.63. The van der Waals surface area contributed by atoms with Crippen molar-refractivity contribution in [1.29, 1.82) is 0 Å². The van der Waals surface area contributed by atoms with Crippen molar-refractivity contribution in [2.24, 2.45) is 35.5 Å². The lowest BCUT2D eigenvalue weighted by Crippen LogP contribution is -2.36. The molecule has 0 saturated heterocycles. The fourth-order valence-electron chi connectivity index (χ4n) is 6.83. The molecule has 4 nitrogen and oxygen atoms in total. The standard InChI is InChI=1S/C28H42O4/c1-15(2)19-9-7-17(5)13-23(19)21-11-12-22(27(29)30)25(26(21)28(31)32)24-14-18(6)8-10-20(24)16(3)4/h11-12,15-20,23-24H,7-10,13-14H2,1-6H3,(H,29,30)(H,31,32)/p-2. The number of rotatable bonds is 6. The zero-order chi connectivity index (χ0) is 23.7. The Bertz CT molecular complexity index is 840. The van der Waals surface area contributed by atoms with Crippen LogP contribution in [-0.2, 0) is 0 Å². The van der Waals surface area contributed by atoms with Gasteiger partial charge in [-0.25, -0.2) is 0 Å². The Morgan fingerprint density at radius 1 is 0.781 bits per heavy atom. The van der Waals surface area contributed by atoms with E-state index in [1.165, 1.54) is 0 Å². The maximum atomic E-state index is 12.7. The zero-order valence-electron chi connectivity index (χ0n) is 20.6. The smallest absolute Gasteiger partial charge is 0.0721 e. The van der Waals surface area contributed by atoms with E-state index in [9.17, 15) is 19.8 Å². The molecule has 2 saturated carbocycles. The van der Waals surface area contributed by atoms with Crippen molar-refractivity contribution in [3.05, 3.63) is 34.4 Å². The van der Waals surface area contributed by atoms with E-state index in [1.54, 1.807) is 12.1 Å². The van der Waals surface area contributed by atoms with Crippen LogP contribution in [0.15, 0.2) is 12.1 Å². The Balaban J connectivity index is 2.25. The molecule has 0 aromatic heterocycles. The van der Waals surface area contributed by atoms with Crippen molar-refractivity contribution in [3.8, 4) is 0 Å². The van der Waals surface area contributed by atoms with Crippen LogP contribution in [0.1, 0.15) is 124 Å². The summed E-state index contributed by atoms with van der Waals surface area (Å²) >= 11 is 0. The third kappa shape index (κ3) is 4.89. The van der Waals surface area contributed by atoms with Gasteiger partial charge in [0.2, 0.25) is 0 Å². The number of carbonyl (C=O) groups is 2. The number of carboxylic acids is 2. The van der Waals surface area contributed by atoms with Crippen LogP contribution in [0.4, 0.5) is 0 Å². The van der Waals surface area contributed by atoms with E-state index in [4.69, 9.17) is 0 Å². The lowest BCUT2D eigenvalue weighted by molar-refractivity contribution is -0.255. The molecule has 1 aromatic carbocycles. The maximum absolute atomic E-state index is 12.7. The van der Waals surface area contributed by atoms with Crippen molar-refractivity contribution in [1.82, 2.24) is 0 Å². The Labute approximate surface area is 193 Å². The van der Waals surface area contributed by atoms with Gasteiger partial charge in [0.1, 0.15) is 0 Å². The Morgan fingerprint density at radius 3 is 1.75 bits per heavy atom. The average molecular weight is 441 g/mol. The van der Waals surface area contributed by atoms with E-state index in [1.807, 2.05) is 0 Å². The first kappa shape index (κ1) is 24.8. The molecule has 0 spiro atoms. The van der Waals surface area contributed by atoms with Crippen LogP contribution in [0.25, 0.3) is 0 Å². The molecular weight excluding hydrogens is 400 g/mol. The molecule has 2 fully saturated rings. The van der Waals surface area contributed by atoms with Gasteiger partial charge in [-0.3, -0.25) is 0 Å². The highest BCUT2D eigenvalue weighted by Gasteiger charge is 2.38. The molecule has 2 aliphatic carbocycles. The van der Waals surface area contributed by atoms with Gasteiger partial charge in [0.25, 0.3) is 0 Å². The van der Waals surface area contributed by atoms with Gasteiger partial charge in [0, 0.05) is 11.1 Å². The van der Waals surface area contributed by atoms with Crippen molar-refractivity contribution < 1.29 is 19.8 Å². The molecule has 2 aliphatic rings. The van der Waals surface area contributed by atoms with Gasteiger partial charge in [-0.05, 0) is 84.2 Å². The summed E-state index contributed by atoms with van der Waals surface area (Å²) in [5, 5.41) is 24.9. The van der Waals surface area contributed by atoms with E-state index in [0.717, 1.165) is 44.1 Å². The van der Waals surface area contributed by atoms with Crippen LogP contribution in [-0.4, -0.2) is 11.9 Å². The second-order valence-corrected chi connectivity index (χ2v) is 11.4. The predicted molar refractivity (Wildman–Crippen MR) is 123 cm³/mol. The third-order valence-electron chi connectivity index (χ3n) is 8.52. The molecule has 0 aliphatic heterocycles. The molecular formula is C28H40O4-2. The van der Waals surface area contributed by atoms with Gasteiger partial charge in [-0.1, -0.05) is 66.5 Å². The highest BCUT2D eigenvalue weighted by Crippen LogP contribution is 2.50. The van der Waals surface area contributed by atoms with Crippen molar-refractivity contribution in [3.63, 3.8) is 0 Å². The van der Waals surface area contributed by atoms with E-state index in [0.29, 0.717) is 35.2 Å². The predicted octanol–water partition coefficient (Wildman–Crippen LogP) is 4.77. The summed E-state index contributed by atoms with van der Waals surface area (Å²) in [5.74, 6) is -0.138. The van der Waals surface area contributed by atoms with Gasteiger partial charge < -0.3 is 19.8 Å². The van der Waals surface area contributed by atoms with Crippen LogP contribution >= 0.6 is 0 Å². The second-order valence-electron chi connectivity index (χ2n) is 11.4. The molecule has 178 valence electrons. The number of hydrogen-bond donors (Lipinski definition) is 0. The monoisotopic (exact) mass is 440 g/mol. The van der Waals surface area contributed by atoms with Crippen molar-refractivity contribution in [2.45, 2.75) is 91.9 Å². The Hall–Kier alpha value is -1.84. The largest absolute Gasteiger partial charge is 0.545 e. The normalized spacial score (nSPS) is 31.1. The summed E-state index contributed by atoms with van der Waals surface area (Å²) < 4.78 is 0. The van der Waals surface area contributed by atoms with E-state index in [2.05, 4.69) is 41.5 Å². The molecule has 6 unspecified atom stereocenters. The molecule has 0 heterocycles. The number of benzene rings is 1. The van der Waals surface area contributed by atoms with Gasteiger partial charge in [0.15, 0.2) is 0 Å². The van der Waals surface area contributed by atoms with Crippen LogP contribution in [0.5, 0.6) is 0 Å². The van der Waals surface area contributed by atoms with Gasteiger partial charge in [-0.2, -0.15) is 0 Å². The molecule has 4 heteroatoms. The number of aromatic carboxylic acids is 2. The fourth-order valence-corrected chi connectivity index (χ4v) is 6.83. The highest BCUT2D eigenvalue weighted by molar-refractivity contribution is 5.97. The van der Waals surface area contributed by atoms with Gasteiger partial charge >= 0.3 is 0 Å². The number of carboxylic acid groups (broad SMARTS) is 2. The average Bonchev–Trinajstić information content (AvgIpc) is 2.71. The first-order valence-corrected chi connectivity index (χ1v) is 12.6. The summed E-state index contributed by atoms with van der Waals surface area (Å²) in [4.78, 5) is 24.9. The molecule has 0 radical (unpaired) electrons. The topological polar surface area (TPSA) is 80.3 Å². The molecule has 6 atom stereocenters. The molecule has 32 heavy (non-hydrogen) atoms. The summed E-state index contributed by atoms with van der Waals surface area (Å²) in [6.45, 7) is 13.2. The molecule has 3 rings (SSSR count). The first-order chi connectivity index (χ1) is 15.0. The van der Waals surface area contributed by atoms with Gasteiger partial charge in [-0.15, -0.1) is 0 Å². The molecule has 0 bridgehead atoms. The summed E-state index contributed by atoms with van der Waals surface area (Å²) in [6.07, 6.45) is 6.04. The molecule has 1 aromatic rings. The van der Waals surface area contributed by atoms with Crippen LogP contribution in [0.2, 0.25) is 0 Å². The first-order valence-electron chi connectivity index (χ1n) is 12.6. The minimum atomic E-state index is -1.28. The maximum Gasteiger partial charge on any atom is 0.0721 e. The van der Waals surface area contributed by atoms with Crippen LogP contribution < -0.4 is 10.2 Å². The van der Waals surface area contributed by atoms with Crippen molar-refractivity contribution >= 4 is 11.9 Å². The van der Waals surface area contributed by atoms with E-state index in [-0.39, 0.29) is 28.9 Å². The summed E-state index contributed by atoms with van der Waals surface area (Å²) in [7, 11) is 0. The summed E-state index contributed by atoms with van der Waals surface area (Å²) in [6, 6.07) is 3.38. The minimum absolute atomic E-state index is 0.0441. The molecule has 0 amide bonds. The SMILES string of the molecule is CC1CCC(C(C)C)C(c2ccc(C(=O)[O-])c(C3CC(C)CCC3C(C)C)c2C(=O)[O-])C1. The zero-order valence-corrected chi connectivity index (χ0v) is 20.6. The Morgan fingerprint density at radius 2 is 1.28 bits per heavy atom. The summed E-state index contributed by atoms with van der Waals surface area (Å²) in [5.41, 5.74) is 1.47. The fraction of sp³-hybridized carbons (Fsp3) is 0.714. The minimum Gasteiger partial charge on any atom is -0.545 e. The number of hydrogen-bond acceptors (Lipinski definition) is 4. The highest BCUT2D eigenvalue weighted by atomic mass is 16.4. The third-order valence-corrected chi connectivity index (χ3v) is 8.52. The Kier molecular flexibility index (Phi) is 7.73. The van der Waals surface area contributed by atoms with Crippen molar-refractivity contribution in [2.75, 3.05) is 0 Å².